The zero-order valence-corrected chi connectivity index (χ0v) is 12.5. The number of benzene rings is 2. The molecule has 3 rings (SSSR count). The highest BCUT2D eigenvalue weighted by Gasteiger charge is 2.26. The van der Waals surface area contributed by atoms with Crippen LogP contribution in [0.5, 0.6) is 5.75 Å². The normalized spacial score (nSPS) is 21.6. The maximum Gasteiger partial charge on any atom is 0.126 e. The van der Waals surface area contributed by atoms with E-state index in [1.165, 1.54) is 0 Å². The zero-order valence-electron chi connectivity index (χ0n) is 10.1. The SMILES string of the molecule is NC1CC(c2ccc(Cl)c(Br)c2)Oc2ccccc21. The Hall–Kier alpha value is -1.03. The average molecular weight is 339 g/mol. The predicted molar refractivity (Wildman–Crippen MR) is 80.5 cm³/mol. The van der Waals surface area contributed by atoms with Crippen LogP contribution >= 0.6 is 27.5 Å². The molecule has 1 aliphatic heterocycles. The largest absolute Gasteiger partial charge is 0.485 e. The molecule has 2 atom stereocenters. The van der Waals surface area contributed by atoms with Gasteiger partial charge in [-0.1, -0.05) is 35.9 Å². The summed E-state index contributed by atoms with van der Waals surface area (Å²) in [5.74, 6) is 0.873. The van der Waals surface area contributed by atoms with E-state index in [0.717, 1.165) is 27.8 Å². The van der Waals surface area contributed by atoms with Crippen LogP contribution in [0.2, 0.25) is 5.02 Å². The Kier molecular flexibility index (Phi) is 3.52. The zero-order chi connectivity index (χ0) is 13.4. The molecule has 2 N–H and O–H groups in total. The molecule has 2 nitrogen and oxygen atoms in total. The van der Waals surface area contributed by atoms with Crippen LogP contribution in [-0.2, 0) is 0 Å². The van der Waals surface area contributed by atoms with Gasteiger partial charge in [-0.3, -0.25) is 0 Å². The Morgan fingerprint density at radius 3 is 2.79 bits per heavy atom. The topological polar surface area (TPSA) is 35.2 Å². The molecule has 0 radical (unpaired) electrons. The molecule has 0 amide bonds. The lowest BCUT2D eigenvalue weighted by molar-refractivity contribution is 0.161. The Bertz CT molecular complexity index is 617. The molecule has 0 aliphatic carbocycles. The quantitative estimate of drug-likeness (QED) is 0.823. The molecule has 2 aromatic carbocycles. The molecule has 98 valence electrons. The molecule has 19 heavy (non-hydrogen) atoms. The van der Waals surface area contributed by atoms with Crippen LogP contribution in [0.1, 0.15) is 29.7 Å². The number of nitrogens with two attached hydrogens (primary N) is 1. The van der Waals surface area contributed by atoms with Gasteiger partial charge in [0, 0.05) is 22.5 Å². The first kappa shape index (κ1) is 13.0. The van der Waals surface area contributed by atoms with Crippen molar-refractivity contribution in [2.45, 2.75) is 18.6 Å². The molecule has 4 heteroatoms. The summed E-state index contributed by atoms with van der Waals surface area (Å²) in [5, 5.41) is 0.698. The van der Waals surface area contributed by atoms with Gasteiger partial charge in [0.2, 0.25) is 0 Å². The van der Waals surface area contributed by atoms with Gasteiger partial charge < -0.3 is 10.5 Å². The second-order valence-corrected chi connectivity index (χ2v) is 5.92. The number of rotatable bonds is 1. The van der Waals surface area contributed by atoms with Gasteiger partial charge in [0.1, 0.15) is 11.9 Å². The van der Waals surface area contributed by atoms with E-state index in [9.17, 15) is 0 Å². The molecule has 0 saturated carbocycles. The fourth-order valence-electron chi connectivity index (χ4n) is 2.37. The summed E-state index contributed by atoms with van der Waals surface area (Å²) in [5.41, 5.74) is 8.38. The molecule has 0 aromatic heterocycles. The van der Waals surface area contributed by atoms with Crippen LogP contribution in [0, 0.1) is 0 Å². The van der Waals surface area contributed by atoms with E-state index in [-0.39, 0.29) is 12.1 Å². The maximum absolute atomic E-state index is 6.22. The van der Waals surface area contributed by atoms with Crippen molar-refractivity contribution < 1.29 is 4.74 Å². The van der Waals surface area contributed by atoms with Gasteiger partial charge in [0.05, 0.1) is 5.02 Å². The third-order valence-corrected chi connectivity index (χ3v) is 4.59. The Morgan fingerprint density at radius 2 is 2.00 bits per heavy atom. The van der Waals surface area contributed by atoms with E-state index in [1.807, 2.05) is 42.5 Å². The first-order valence-corrected chi connectivity index (χ1v) is 7.28. The number of ether oxygens (including phenoxy) is 1. The van der Waals surface area contributed by atoms with Crippen LogP contribution < -0.4 is 10.5 Å². The third-order valence-electron chi connectivity index (χ3n) is 3.37. The standard InChI is InChI=1S/C15H13BrClNO/c16-11-7-9(5-6-12(11)17)15-8-13(18)10-3-1-2-4-14(10)19-15/h1-7,13,15H,8,18H2. The first-order valence-electron chi connectivity index (χ1n) is 6.11. The van der Waals surface area contributed by atoms with Gasteiger partial charge in [-0.15, -0.1) is 0 Å². The van der Waals surface area contributed by atoms with Crippen LogP contribution in [0.3, 0.4) is 0 Å². The Labute approximate surface area is 125 Å². The van der Waals surface area contributed by atoms with E-state index in [1.54, 1.807) is 0 Å². The molecule has 2 unspecified atom stereocenters. The molecule has 1 heterocycles. The predicted octanol–water partition coefficient (Wildman–Crippen LogP) is 4.63. The van der Waals surface area contributed by atoms with Crippen molar-refractivity contribution >= 4 is 27.5 Å². The lowest BCUT2D eigenvalue weighted by atomic mass is 9.94. The molecule has 0 fully saturated rings. The van der Waals surface area contributed by atoms with E-state index in [4.69, 9.17) is 22.1 Å². The monoisotopic (exact) mass is 337 g/mol. The fourth-order valence-corrected chi connectivity index (χ4v) is 2.88. The number of hydrogen-bond donors (Lipinski definition) is 1. The summed E-state index contributed by atoms with van der Waals surface area (Å²) in [6.07, 6.45) is 0.740. The van der Waals surface area contributed by atoms with Crippen molar-refractivity contribution in [1.82, 2.24) is 0 Å². The van der Waals surface area contributed by atoms with Crippen molar-refractivity contribution in [2.75, 3.05) is 0 Å². The van der Waals surface area contributed by atoms with Crippen molar-refractivity contribution in [3.8, 4) is 5.75 Å². The minimum Gasteiger partial charge on any atom is -0.485 e. The van der Waals surface area contributed by atoms with E-state index in [2.05, 4.69) is 15.9 Å². The van der Waals surface area contributed by atoms with Gasteiger partial charge in [0.15, 0.2) is 0 Å². The molecule has 0 spiro atoms. The first-order chi connectivity index (χ1) is 9.15. The molecule has 0 saturated heterocycles. The maximum atomic E-state index is 6.22. The van der Waals surface area contributed by atoms with Gasteiger partial charge in [0.25, 0.3) is 0 Å². The third kappa shape index (κ3) is 2.50. The molecular formula is C15H13BrClNO. The second-order valence-electron chi connectivity index (χ2n) is 4.66. The second kappa shape index (κ2) is 5.16. The molecule has 1 aliphatic rings. The fraction of sp³-hybridized carbons (Fsp3) is 0.200. The van der Waals surface area contributed by atoms with Crippen molar-refractivity contribution in [2.24, 2.45) is 5.73 Å². The Balaban J connectivity index is 1.94. The van der Waals surface area contributed by atoms with Crippen molar-refractivity contribution in [1.29, 1.82) is 0 Å². The summed E-state index contributed by atoms with van der Waals surface area (Å²) in [7, 11) is 0. The van der Waals surface area contributed by atoms with Crippen LogP contribution in [0.25, 0.3) is 0 Å². The summed E-state index contributed by atoms with van der Waals surface area (Å²) >= 11 is 9.46. The highest BCUT2D eigenvalue weighted by Crippen LogP contribution is 2.40. The Morgan fingerprint density at radius 1 is 1.21 bits per heavy atom. The van der Waals surface area contributed by atoms with E-state index in [0.29, 0.717) is 5.02 Å². The van der Waals surface area contributed by atoms with Gasteiger partial charge >= 0.3 is 0 Å². The van der Waals surface area contributed by atoms with Crippen LogP contribution in [0.15, 0.2) is 46.9 Å². The summed E-state index contributed by atoms with van der Waals surface area (Å²) in [6.45, 7) is 0. The molecule has 2 aromatic rings. The van der Waals surface area contributed by atoms with E-state index >= 15 is 0 Å². The van der Waals surface area contributed by atoms with Crippen LogP contribution in [0.4, 0.5) is 0 Å². The van der Waals surface area contributed by atoms with Gasteiger partial charge in [-0.2, -0.15) is 0 Å². The number of halogens is 2. The summed E-state index contributed by atoms with van der Waals surface area (Å²) in [6, 6.07) is 13.8. The smallest absolute Gasteiger partial charge is 0.126 e. The highest BCUT2D eigenvalue weighted by atomic mass is 79.9. The highest BCUT2D eigenvalue weighted by molar-refractivity contribution is 9.10. The number of fused-ring (bicyclic) bond motifs is 1. The van der Waals surface area contributed by atoms with Crippen molar-refractivity contribution in [3.05, 3.63) is 63.1 Å². The lowest BCUT2D eigenvalue weighted by Gasteiger charge is -2.30. The molecule has 0 bridgehead atoms. The minimum atomic E-state index is -0.0292. The van der Waals surface area contributed by atoms with Crippen LogP contribution in [-0.4, -0.2) is 0 Å². The number of para-hydroxylation sites is 1. The minimum absolute atomic E-state index is 0.00408. The summed E-state index contributed by atoms with van der Waals surface area (Å²) < 4.78 is 6.92. The van der Waals surface area contributed by atoms with Gasteiger partial charge in [-0.25, -0.2) is 0 Å². The van der Waals surface area contributed by atoms with Gasteiger partial charge in [-0.05, 0) is 39.7 Å². The number of hydrogen-bond acceptors (Lipinski definition) is 2. The average Bonchev–Trinajstić information content (AvgIpc) is 2.42. The van der Waals surface area contributed by atoms with E-state index < -0.39 is 0 Å². The van der Waals surface area contributed by atoms with Crippen molar-refractivity contribution in [3.63, 3.8) is 0 Å². The molecular weight excluding hydrogens is 326 g/mol. The summed E-state index contributed by atoms with van der Waals surface area (Å²) in [4.78, 5) is 0. The lowest BCUT2D eigenvalue weighted by Crippen LogP contribution is -2.24.